The summed E-state index contributed by atoms with van der Waals surface area (Å²) in [5.74, 6) is 1.28. The SMILES string of the molecule is Cc1cc2c(c(-c3nccc4c(CC(C)C)cc(C5CCC(C)(C)C5)cc34)c1)Cc1ccccc1-2. The molecule has 0 amide bonds. The molecule has 0 saturated heterocycles. The maximum Gasteiger partial charge on any atom is 0.0783 e. The van der Waals surface area contributed by atoms with Crippen LogP contribution in [-0.4, -0.2) is 4.98 Å². The van der Waals surface area contributed by atoms with Crippen LogP contribution in [0.4, 0.5) is 0 Å². The van der Waals surface area contributed by atoms with Crippen LogP contribution >= 0.6 is 0 Å². The average molecular weight is 460 g/mol. The monoisotopic (exact) mass is 459 g/mol. The smallest absolute Gasteiger partial charge is 0.0783 e. The third-order valence-electron chi connectivity index (χ3n) is 8.38. The summed E-state index contributed by atoms with van der Waals surface area (Å²) in [5, 5.41) is 2.73. The Labute approximate surface area is 210 Å². The van der Waals surface area contributed by atoms with Gasteiger partial charge in [0.05, 0.1) is 5.69 Å². The van der Waals surface area contributed by atoms with Gasteiger partial charge in [0.25, 0.3) is 0 Å². The van der Waals surface area contributed by atoms with Gasteiger partial charge in [0.1, 0.15) is 0 Å². The van der Waals surface area contributed by atoms with Crippen LogP contribution in [0.15, 0.2) is 60.8 Å². The fourth-order valence-corrected chi connectivity index (χ4v) is 6.75. The van der Waals surface area contributed by atoms with E-state index in [4.69, 9.17) is 4.98 Å². The number of benzene rings is 3. The van der Waals surface area contributed by atoms with E-state index in [1.165, 1.54) is 80.2 Å². The fraction of sp³-hybridized carbons (Fsp3) is 0.382. The van der Waals surface area contributed by atoms with Gasteiger partial charge < -0.3 is 0 Å². The van der Waals surface area contributed by atoms with E-state index >= 15 is 0 Å². The third-order valence-corrected chi connectivity index (χ3v) is 8.38. The molecule has 1 aromatic heterocycles. The van der Waals surface area contributed by atoms with Gasteiger partial charge in [-0.15, -0.1) is 0 Å². The first-order chi connectivity index (χ1) is 16.8. The number of aryl methyl sites for hydroxylation is 1. The molecule has 0 bridgehead atoms. The van der Waals surface area contributed by atoms with Crippen molar-refractivity contribution in [1.29, 1.82) is 0 Å². The topological polar surface area (TPSA) is 12.9 Å². The molecule has 1 saturated carbocycles. The van der Waals surface area contributed by atoms with E-state index in [0.29, 0.717) is 17.3 Å². The van der Waals surface area contributed by atoms with Crippen LogP contribution in [0.5, 0.6) is 0 Å². The zero-order chi connectivity index (χ0) is 24.3. The normalized spacial score (nSPS) is 18.3. The van der Waals surface area contributed by atoms with Crippen molar-refractivity contribution >= 4 is 10.8 Å². The first-order valence-electron chi connectivity index (χ1n) is 13.4. The highest BCUT2D eigenvalue weighted by atomic mass is 14.7. The maximum absolute atomic E-state index is 5.08. The van der Waals surface area contributed by atoms with Crippen LogP contribution in [0.3, 0.4) is 0 Å². The number of pyridine rings is 1. The first-order valence-corrected chi connectivity index (χ1v) is 13.4. The minimum Gasteiger partial charge on any atom is -0.256 e. The summed E-state index contributed by atoms with van der Waals surface area (Å²) in [7, 11) is 0. The van der Waals surface area contributed by atoms with Crippen molar-refractivity contribution in [3.63, 3.8) is 0 Å². The molecule has 0 N–H and O–H groups in total. The summed E-state index contributed by atoms with van der Waals surface area (Å²) in [6.45, 7) is 11.8. The van der Waals surface area contributed by atoms with Crippen molar-refractivity contribution in [2.24, 2.45) is 11.3 Å². The minimum absolute atomic E-state index is 0.443. The lowest BCUT2D eigenvalue weighted by molar-refractivity contribution is 0.376. The van der Waals surface area contributed by atoms with Crippen molar-refractivity contribution in [1.82, 2.24) is 4.98 Å². The molecule has 1 heteroatoms. The Morgan fingerprint density at radius 3 is 2.51 bits per heavy atom. The van der Waals surface area contributed by atoms with Gasteiger partial charge in [-0.1, -0.05) is 64.1 Å². The molecule has 4 aromatic rings. The summed E-state index contributed by atoms with van der Waals surface area (Å²) in [4.78, 5) is 5.08. The zero-order valence-electron chi connectivity index (χ0n) is 21.9. The van der Waals surface area contributed by atoms with Gasteiger partial charge in [0.15, 0.2) is 0 Å². The lowest BCUT2D eigenvalue weighted by Gasteiger charge is -2.20. The number of nitrogens with zero attached hydrogens (tertiary/aromatic N) is 1. The first kappa shape index (κ1) is 22.5. The molecular formula is C34H37N. The summed E-state index contributed by atoms with van der Waals surface area (Å²) in [6, 6.07) is 20.9. The molecule has 3 aromatic carbocycles. The van der Waals surface area contributed by atoms with Crippen molar-refractivity contribution in [3.8, 4) is 22.4 Å². The second kappa shape index (κ2) is 8.33. The van der Waals surface area contributed by atoms with E-state index < -0.39 is 0 Å². The molecule has 0 spiro atoms. The van der Waals surface area contributed by atoms with Crippen LogP contribution in [0, 0.1) is 18.3 Å². The number of hydrogen-bond acceptors (Lipinski definition) is 1. The van der Waals surface area contributed by atoms with Crippen LogP contribution in [0.25, 0.3) is 33.2 Å². The van der Waals surface area contributed by atoms with Gasteiger partial charge in [-0.2, -0.15) is 0 Å². The van der Waals surface area contributed by atoms with E-state index in [0.717, 1.165) is 12.8 Å². The summed E-state index contributed by atoms with van der Waals surface area (Å²) < 4.78 is 0. The van der Waals surface area contributed by atoms with E-state index in [-0.39, 0.29) is 0 Å². The Hall–Kier alpha value is -2.93. The molecule has 0 aliphatic heterocycles. The molecule has 2 aliphatic carbocycles. The van der Waals surface area contributed by atoms with E-state index in [1.54, 1.807) is 0 Å². The van der Waals surface area contributed by atoms with Gasteiger partial charge in [-0.3, -0.25) is 4.98 Å². The highest BCUT2D eigenvalue weighted by molar-refractivity contribution is 5.99. The predicted octanol–water partition coefficient (Wildman–Crippen LogP) is 9.27. The van der Waals surface area contributed by atoms with E-state index in [9.17, 15) is 0 Å². The lowest BCUT2D eigenvalue weighted by Crippen LogP contribution is -2.05. The minimum atomic E-state index is 0.443. The largest absolute Gasteiger partial charge is 0.256 e. The molecule has 1 nitrogen and oxygen atoms in total. The summed E-state index contributed by atoms with van der Waals surface area (Å²) >= 11 is 0. The molecule has 2 aliphatic rings. The van der Waals surface area contributed by atoms with Gasteiger partial charge in [0, 0.05) is 17.1 Å². The Balaban J connectivity index is 1.58. The Bertz CT molecular complexity index is 1440. The maximum atomic E-state index is 5.08. The number of hydrogen-bond donors (Lipinski definition) is 0. The Morgan fingerprint density at radius 1 is 0.943 bits per heavy atom. The van der Waals surface area contributed by atoms with Crippen molar-refractivity contribution in [3.05, 3.63) is 88.6 Å². The number of aromatic nitrogens is 1. The third kappa shape index (κ3) is 3.99. The number of rotatable bonds is 4. The molecule has 0 radical (unpaired) electrons. The van der Waals surface area contributed by atoms with Crippen molar-refractivity contribution < 1.29 is 0 Å². The van der Waals surface area contributed by atoms with Crippen LogP contribution in [0.1, 0.15) is 80.7 Å². The van der Waals surface area contributed by atoms with Gasteiger partial charge in [-0.05, 0) is 119 Å². The molecule has 1 heterocycles. The van der Waals surface area contributed by atoms with Gasteiger partial charge in [-0.25, -0.2) is 0 Å². The van der Waals surface area contributed by atoms with Crippen molar-refractivity contribution in [2.75, 3.05) is 0 Å². The molecular weight excluding hydrogens is 422 g/mol. The van der Waals surface area contributed by atoms with Gasteiger partial charge >= 0.3 is 0 Å². The van der Waals surface area contributed by atoms with E-state index in [2.05, 4.69) is 89.2 Å². The highest BCUT2D eigenvalue weighted by Gasteiger charge is 2.32. The Morgan fingerprint density at radius 2 is 1.74 bits per heavy atom. The van der Waals surface area contributed by atoms with Crippen LogP contribution in [0.2, 0.25) is 0 Å². The highest BCUT2D eigenvalue weighted by Crippen LogP contribution is 2.48. The van der Waals surface area contributed by atoms with Crippen LogP contribution in [-0.2, 0) is 12.8 Å². The van der Waals surface area contributed by atoms with Crippen LogP contribution < -0.4 is 0 Å². The Kier molecular flexibility index (Phi) is 5.36. The molecule has 35 heavy (non-hydrogen) atoms. The summed E-state index contributed by atoms with van der Waals surface area (Å²) in [6.07, 6.45) is 8.04. The van der Waals surface area contributed by atoms with Crippen molar-refractivity contribution in [2.45, 2.75) is 72.6 Å². The zero-order valence-corrected chi connectivity index (χ0v) is 21.9. The molecule has 1 unspecified atom stereocenters. The lowest BCUT2D eigenvalue weighted by atomic mass is 9.85. The quantitative estimate of drug-likeness (QED) is 0.261. The average Bonchev–Trinajstić information content (AvgIpc) is 3.37. The molecule has 1 atom stereocenters. The molecule has 1 fully saturated rings. The molecule has 6 rings (SSSR count). The second-order valence-electron chi connectivity index (χ2n) is 12.3. The molecule has 178 valence electrons. The second-order valence-corrected chi connectivity index (χ2v) is 12.3. The summed E-state index contributed by atoms with van der Waals surface area (Å²) in [5.41, 5.74) is 12.9. The fourth-order valence-electron chi connectivity index (χ4n) is 6.75. The van der Waals surface area contributed by atoms with Gasteiger partial charge in [0.2, 0.25) is 0 Å². The standard InChI is InChI=1S/C34H37N/c1-21(2)14-26-17-25(24-10-12-34(4,5)20-24)19-32-28(26)11-13-35-33(32)31-16-22(3)15-29-27-9-7-6-8-23(27)18-30(29)31/h6-9,11,13,15-17,19,21,24H,10,12,14,18,20H2,1-5H3. The number of fused-ring (bicyclic) bond motifs is 4. The predicted molar refractivity (Wildman–Crippen MR) is 149 cm³/mol. The van der Waals surface area contributed by atoms with E-state index in [1.807, 2.05) is 6.20 Å².